The van der Waals surface area contributed by atoms with E-state index in [2.05, 4.69) is 11.1 Å². The maximum Gasteiger partial charge on any atom is 0.338 e. The smallest absolute Gasteiger partial charge is 0.338 e. The number of benzene rings is 3. The Balaban J connectivity index is 1.57. The van der Waals surface area contributed by atoms with Crippen LogP contribution in [-0.2, 0) is 16.1 Å². The minimum absolute atomic E-state index is 0.280. The van der Waals surface area contributed by atoms with Crippen LogP contribution < -0.4 is 19.6 Å². The van der Waals surface area contributed by atoms with E-state index in [-0.39, 0.29) is 11.7 Å². The van der Waals surface area contributed by atoms with Crippen molar-refractivity contribution >= 4 is 35.0 Å². The summed E-state index contributed by atoms with van der Waals surface area (Å²) >= 11 is 7.39. The van der Waals surface area contributed by atoms with Gasteiger partial charge in [0.05, 0.1) is 39.6 Å². The van der Waals surface area contributed by atoms with Crippen LogP contribution in [0.15, 0.2) is 93.9 Å². The number of rotatable bonds is 7. The average Bonchev–Trinajstić information content (AvgIpc) is 3.26. The molecule has 0 N–H and O–H groups in total. The zero-order valence-electron chi connectivity index (χ0n) is 22.6. The molecule has 7 nitrogen and oxygen atoms in total. The van der Waals surface area contributed by atoms with Gasteiger partial charge < -0.3 is 9.47 Å². The van der Waals surface area contributed by atoms with Crippen molar-refractivity contribution in [3.63, 3.8) is 0 Å². The van der Waals surface area contributed by atoms with E-state index in [1.165, 1.54) is 11.3 Å². The molecule has 41 heavy (non-hydrogen) atoms. The molecule has 206 valence electrons. The number of allylic oxidation sites excluding steroid dienone is 1. The van der Waals surface area contributed by atoms with Crippen LogP contribution in [0.2, 0.25) is 5.02 Å². The molecule has 0 unspecified atom stereocenters. The van der Waals surface area contributed by atoms with Gasteiger partial charge in [0.25, 0.3) is 5.56 Å². The Labute approximate surface area is 245 Å². The topological polar surface area (TPSA) is 93.7 Å². The van der Waals surface area contributed by atoms with Gasteiger partial charge in [0.2, 0.25) is 0 Å². The number of hydrogen-bond acceptors (Lipinski definition) is 7. The summed E-state index contributed by atoms with van der Waals surface area (Å²) in [6, 6.07) is 23.1. The lowest BCUT2D eigenvalue weighted by Gasteiger charge is -2.25. The molecular weight excluding hydrogens is 558 g/mol. The SMILES string of the molecule is CC1=C(C(=O)OC(C)C)[C@@H](c2ccc(Cl)cc2)n2c(s/c(=C\c3ccccc3OCc3ccc(C#N)cc3)c2=O)=N1. The predicted octanol–water partition coefficient (Wildman–Crippen LogP) is 5.29. The number of ether oxygens (including phenoxy) is 2. The molecule has 0 fully saturated rings. The summed E-state index contributed by atoms with van der Waals surface area (Å²) < 4.78 is 13.6. The molecule has 1 atom stereocenters. The Hall–Kier alpha value is -4.45. The van der Waals surface area contributed by atoms with Crippen molar-refractivity contribution < 1.29 is 14.3 Å². The second-order valence-corrected chi connectivity index (χ2v) is 11.2. The van der Waals surface area contributed by atoms with Crippen molar-refractivity contribution in [1.29, 1.82) is 5.26 Å². The number of esters is 1. The van der Waals surface area contributed by atoms with Gasteiger partial charge in [-0.3, -0.25) is 9.36 Å². The van der Waals surface area contributed by atoms with Gasteiger partial charge in [0.15, 0.2) is 4.80 Å². The second kappa shape index (κ2) is 12.0. The number of thiazole rings is 1. The largest absolute Gasteiger partial charge is 0.488 e. The van der Waals surface area contributed by atoms with Crippen molar-refractivity contribution in [2.75, 3.05) is 0 Å². The highest BCUT2D eigenvalue weighted by Crippen LogP contribution is 2.31. The molecule has 5 rings (SSSR count). The molecule has 4 aromatic rings. The van der Waals surface area contributed by atoms with Crippen molar-refractivity contribution in [3.8, 4) is 11.8 Å². The predicted molar refractivity (Wildman–Crippen MR) is 158 cm³/mol. The molecule has 1 aliphatic rings. The van der Waals surface area contributed by atoms with Crippen LogP contribution in [0, 0.1) is 11.3 Å². The lowest BCUT2D eigenvalue weighted by atomic mass is 9.96. The Morgan fingerprint density at radius 3 is 2.51 bits per heavy atom. The monoisotopic (exact) mass is 583 g/mol. The number of aromatic nitrogens is 1. The minimum atomic E-state index is -0.722. The first-order chi connectivity index (χ1) is 19.7. The fourth-order valence-corrected chi connectivity index (χ4v) is 5.69. The minimum Gasteiger partial charge on any atom is -0.488 e. The summed E-state index contributed by atoms with van der Waals surface area (Å²) in [5.74, 6) is 0.0892. The summed E-state index contributed by atoms with van der Waals surface area (Å²) in [7, 11) is 0. The van der Waals surface area contributed by atoms with E-state index < -0.39 is 12.0 Å². The van der Waals surface area contributed by atoms with E-state index in [4.69, 9.17) is 26.3 Å². The highest BCUT2D eigenvalue weighted by molar-refractivity contribution is 7.07. The van der Waals surface area contributed by atoms with Crippen molar-refractivity contribution in [1.82, 2.24) is 4.57 Å². The van der Waals surface area contributed by atoms with Crippen LogP contribution in [0.4, 0.5) is 0 Å². The molecule has 0 spiro atoms. The molecule has 0 amide bonds. The summed E-state index contributed by atoms with van der Waals surface area (Å²) in [5, 5.41) is 9.58. The van der Waals surface area contributed by atoms with E-state index in [1.54, 1.807) is 67.8 Å². The summed E-state index contributed by atoms with van der Waals surface area (Å²) in [4.78, 5) is 32.3. The molecule has 9 heteroatoms. The van der Waals surface area contributed by atoms with Crippen molar-refractivity contribution in [2.45, 2.75) is 39.5 Å². The number of nitrogens with zero attached hydrogens (tertiary/aromatic N) is 3. The standard InChI is InChI=1S/C32H26ClN3O4S/c1-19(2)40-31(38)28-20(3)35-32-36(29(28)23-12-14-25(33)15-13-23)30(37)27(41-32)16-24-6-4-5-7-26(24)39-18-22-10-8-21(17-34)9-11-22/h4-16,19,29H,18H2,1-3H3/b27-16-/t29-/m1/s1. The van der Waals surface area contributed by atoms with Gasteiger partial charge in [0.1, 0.15) is 12.4 Å². The van der Waals surface area contributed by atoms with Crippen molar-refractivity contribution in [2.24, 2.45) is 4.99 Å². The number of halogens is 1. The fraction of sp³-hybridized carbons (Fsp3) is 0.188. The van der Waals surface area contributed by atoms with Crippen LogP contribution in [0.5, 0.6) is 5.75 Å². The van der Waals surface area contributed by atoms with Gasteiger partial charge in [-0.05, 0) is 68.3 Å². The van der Waals surface area contributed by atoms with Gasteiger partial charge in [0, 0.05) is 10.6 Å². The molecule has 2 heterocycles. The lowest BCUT2D eigenvalue weighted by molar-refractivity contribution is -0.143. The number of hydrogen-bond donors (Lipinski definition) is 0. The lowest BCUT2D eigenvalue weighted by Crippen LogP contribution is -2.40. The van der Waals surface area contributed by atoms with Crippen LogP contribution in [0.3, 0.4) is 0 Å². The number of carbonyl (C=O) groups is 1. The number of carbonyl (C=O) groups excluding carboxylic acids is 1. The molecule has 0 radical (unpaired) electrons. The van der Waals surface area contributed by atoms with Crippen molar-refractivity contribution in [3.05, 3.63) is 131 Å². The first-order valence-electron chi connectivity index (χ1n) is 12.9. The Morgan fingerprint density at radius 2 is 1.83 bits per heavy atom. The maximum atomic E-state index is 13.9. The normalized spacial score (nSPS) is 14.8. The molecule has 0 saturated carbocycles. The Bertz CT molecular complexity index is 1860. The molecule has 0 bridgehead atoms. The van der Waals surface area contributed by atoms with Crippen LogP contribution in [0.25, 0.3) is 6.08 Å². The highest BCUT2D eigenvalue weighted by Gasteiger charge is 2.33. The van der Waals surface area contributed by atoms with Crippen LogP contribution in [0.1, 0.15) is 49.1 Å². The molecule has 3 aromatic carbocycles. The zero-order chi connectivity index (χ0) is 29.1. The molecule has 1 aromatic heterocycles. The van der Waals surface area contributed by atoms with E-state index in [0.717, 1.165) is 16.7 Å². The average molecular weight is 584 g/mol. The molecule has 0 aliphatic carbocycles. The first-order valence-corrected chi connectivity index (χ1v) is 14.1. The van der Waals surface area contributed by atoms with E-state index in [1.807, 2.05) is 36.4 Å². The second-order valence-electron chi connectivity index (χ2n) is 9.72. The number of para-hydroxylation sites is 1. The van der Waals surface area contributed by atoms with Gasteiger partial charge in [-0.2, -0.15) is 5.26 Å². The van der Waals surface area contributed by atoms with E-state index >= 15 is 0 Å². The Kier molecular flexibility index (Phi) is 8.20. The van der Waals surface area contributed by atoms with E-state index in [0.29, 0.717) is 43.5 Å². The zero-order valence-corrected chi connectivity index (χ0v) is 24.2. The van der Waals surface area contributed by atoms with Crippen LogP contribution >= 0.6 is 22.9 Å². The summed E-state index contributed by atoms with van der Waals surface area (Å²) in [5.41, 5.74) is 3.47. The third-order valence-corrected chi connectivity index (χ3v) is 7.69. The third-order valence-electron chi connectivity index (χ3n) is 6.45. The van der Waals surface area contributed by atoms with Crippen LogP contribution in [-0.4, -0.2) is 16.6 Å². The third kappa shape index (κ3) is 6.02. The van der Waals surface area contributed by atoms with Gasteiger partial charge in [-0.15, -0.1) is 0 Å². The maximum absolute atomic E-state index is 13.9. The fourth-order valence-electron chi connectivity index (χ4n) is 4.53. The quantitative estimate of drug-likeness (QED) is 0.276. The molecular formula is C32H26ClN3O4S. The molecule has 1 aliphatic heterocycles. The summed E-state index contributed by atoms with van der Waals surface area (Å²) in [6.07, 6.45) is 1.45. The number of nitriles is 1. The van der Waals surface area contributed by atoms with E-state index in [9.17, 15) is 9.59 Å². The Morgan fingerprint density at radius 1 is 1.12 bits per heavy atom. The highest BCUT2D eigenvalue weighted by atomic mass is 35.5. The number of fused-ring (bicyclic) bond motifs is 1. The van der Waals surface area contributed by atoms with Gasteiger partial charge in [-0.25, -0.2) is 9.79 Å². The van der Waals surface area contributed by atoms with Gasteiger partial charge >= 0.3 is 5.97 Å². The summed E-state index contributed by atoms with van der Waals surface area (Å²) in [6.45, 7) is 5.61. The molecule has 0 saturated heterocycles. The first kappa shape index (κ1) is 28.1. The van der Waals surface area contributed by atoms with Gasteiger partial charge in [-0.1, -0.05) is 65.4 Å².